The molecule has 3 fully saturated rings. The molecule has 0 aromatic heterocycles. The summed E-state index contributed by atoms with van der Waals surface area (Å²) in [5.41, 5.74) is 2.84. The van der Waals surface area contributed by atoms with E-state index in [1.165, 1.54) is 39.0 Å². The van der Waals surface area contributed by atoms with Crippen molar-refractivity contribution in [3.63, 3.8) is 0 Å². The van der Waals surface area contributed by atoms with Gasteiger partial charge >= 0.3 is 19.4 Å². The molecule has 4 heterocycles. The van der Waals surface area contributed by atoms with Gasteiger partial charge in [-0.25, -0.2) is 4.79 Å². The number of primary amides is 1. The molecular formula is C60H61F2N8O13P. The zero-order valence-electron chi connectivity index (χ0n) is 45.3. The van der Waals surface area contributed by atoms with Crippen LogP contribution in [0.3, 0.4) is 0 Å². The van der Waals surface area contributed by atoms with Crippen LogP contribution in [0, 0.1) is 11.8 Å². The number of nitrogens with two attached hydrogens (primary N) is 1. The van der Waals surface area contributed by atoms with E-state index in [1.807, 2.05) is 12.1 Å². The number of unbranched alkanes of at least 4 members (excludes halogenated alkanes) is 3. The fourth-order valence-electron chi connectivity index (χ4n) is 11.1. The van der Waals surface area contributed by atoms with Crippen LogP contribution < -0.4 is 27.0 Å². The Hall–Kier alpha value is -8.84. The van der Waals surface area contributed by atoms with Crippen LogP contribution in [0.25, 0.3) is 10.8 Å². The van der Waals surface area contributed by atoms with Gasteiger partial charge in [0.25, 0.3) is 11.8 Å². The number of piperidine rings is 1. The predicted molar refractivity (Wildman–Crippen MR) is 299 cm³/mol. The number of imide groups is 1. The number of alkyl halides is 2. The quantitative estimate of drug-likeness (QED) is 0.0263. The Morgan fingerprint density at radius 2 is 1.54 bits per heavy atom. The average molecular weight is 1170 g/mol. The van der Waals surface area contributed by atoms with Gasteiger partial charge in [-0.15, -0.1) is 0 Å². The smallest absolute Gasteiger partial charge is 0.404 e. The Kier molecular flexibility index (Phi) is 18.3. The van der Waals surface area contributed by atoms with Crippen molar-refractivity contribution in [2.75, 3.05) is 19.7 Å². The second-order valence-corrected chi connectivity index (χ2v) is 22.7. The van der Waals surface area contributed by atoms with Crippen molar-refractivity contribution in [3.05, 3.63) is 154 Å². The minimum absolute atomic E-state index is 0.0209. The number of hydrogen-bond acceptors (Lipinski definition) is 11. The number of fused-ring (bicyclic) bond motifs is 3. The maximum absolute atomic E-state index is 15.1. The van der Waals surface area contributed by atoms with Gasteiger partial charge in [-0.2, -0.15) is 8.78 Å². The Balaban J connectivity index is 0.896. The number of hydrogen-bond donors (Lipinski definition) is 7. The third-order valence-corrected chi connectivity index (χ3v) is 16.5. The number of nitrogens with one attached hydrogen (secondary N) is 4. The van der Waals surface area contributed by atoms with Crippen LogP contribution in [-0.2, 0) is 50.3 Å². The first-order valence-corrected chi connectivity index (χ1v) is 29.1. The van der Waals surface area contributed by atoms with E-state index in [4.69, 9.17) is 10.5 Å². The number of carbonyl (C=O) groups excluding carboxylic acids is 9. The van der Waals surface area contributed by atoms with Gasteiger partial charge in [-0.3, -0.25) is 48.2 Å². The summed E-state index contributed by atoms with van der Waals surface area (Å²) >= 11 is 0. The van der Waals surface area contributed by atoms with Gasteiger partial charge in [-0.05, 0) is 96.3 Å². The van der Waals surface area contributed by atoms with E-state index in [0.29, 0.717) is 58.9 Å². The molecule has 24 heteroatoms. The van der Waals surface area contributed by atoms with Crippen molar-refractivity contribution in [3.8, 4) is 11.8 Å². The summed E-state index contributed by atoms with van der Waals surface area (Å²) in [6.45, 7) is -0.737. The van der Waals surface area contributed by atoms with Crippen LogP contribution >= 0.6 is 7.60 Å². The van der Waals surface area contributed by atoms with E-state index in [0.717, 1.165) is 12.1 Å². The molecule has 3 saturated heterocycles. The molecule has 0 bridgehead atoms. The van der Waals surface area contributed by atoms with Crippen LogP contribution in [-0.4, -0.2) is 128 Å². The number of halogens is 2. The fourth-order valence-corrected chi connectivity index (χ4v) is 11.6. The molecule has 9 rings (SSSR count). The van der Waals surface area contributed by atoms with Gasteiger partial charge in [0.2, 0.25) is 35.4 Å². The summed E-state index contributed by atoms with van der Waals surface area (Å²) in [4.78, 5) is 145. The summed E-state index contributed by atoms with van der Waals surface area (Å²) in [5, 5.41) is 11.0. The molecule has 5 aromatic carbocycles. The summed E-state index contributed by atoms with van der Waals surface area (Å²) in [6.07, 6.45) is 1.89. The third kappa shape index (κ3) is 13.5. The lowest BCUT2D eigenvalue weighted by molar-refractivity contribution is -0.146. The van der Waals surface area contributed by atoms with Crippen molar-refractivity contribution in [2.24, 2.45) is 5.73 Å². The van der Waals surface area contributed by atoms with Crippen LogP contribution in [0.5, 0.6) is 0 Å². The minimum atomic E-state index is -5.95. The van der Waals surface area contributed by atoms with Crippen LogP contribution in [0.1, 0.15) is 119 Å². The number of nitrogens with zero attached hydrogens (tertiary/aromatic N) is 3. The molecule has 9 amide bonds. The molecule has 5 aromatic rings. The standard InChI is InChI=1S/C60H61F2N8O13P/c61-60(62,84(80,81)82)42-24-23-36-21-22-40(31-41(36)32-42)53(73)64-46-34-68(51(72)20-11-3-1-2-6-13-37-18-12-19-44-45(37)33-69(57(44)77)48-27-28-50(71)66-55(48)75)30-29-43-25-26-49(70(43)58(46)78)56(76)65-47(35-83-59(63)79)54(74)67-52(38-14-7-4-8-15-38)39-16-9-5-10-17-39/h4-5,7-10,12,14-19,21-24,31-32,43,46-49,52H,1-3,11,20,25-30,33-35H2,(H2,63,79)(H,64,73)(H,65,76)(H,67,74)(H,66,71,75)(H2,80,81,82)/t43-,46+,47+,48?,49+/m1/s1. The van der Waals surface area contributed by atoms with Gasteiger partial charge < -0.3 is 50.9 Å². The minimum Gasteiger partial charge on any atom is -0.447 e. The Morgan fingerprint density at radius 3 is 2.23 bits per heavy atom. The highest BCUT2D eigenvalue weighted by Gasteiger charge is 2.51. The lowest BCUT2D eigenvalue weighted by Gasteiger charge is -2.39. The van der Waals surface area contributed by atoms with Crippen molar-refractivity contribution in [1.82, 2.24) is 36.0 Å². The number of carbonyl (C=O) groups is 9. The van der Waals surface area contributed by atoms with Gasteiger partial charge in [0.15, 0.2) is 0 Å². The fraction of sp³-hybridized carbons (Fsp3) is 0.350. The van der Waals surface area contributed by atoms with Gasteiger partial charge in [0.1, 0.15) is 30.8 Å². The number of amides is 9. The van der Waals surface area contributed by atoms with Crippen molar-refractivity contribution >= 4 is 71.7 Å². The molecule has 4 aliphatic heterocycles. The molecular weight excluding hydrogens is 1110 g/mol. The van der Waals surface area contributed by atoms with Gasteiger partial charge in [-0.1, -0.05) is 103 Å². The van der Waals surface area contributed by atoms with E-state index < -0.39 is 97.3 Å². The van der Waals surface area contributed by atoms with Crippen LogP contribution in [0.4, 0.5) is 13.6 Å². The molecule has 0 aliphatic carbocycles. The third-order valence-electron chi connectivity index (χ3n) is 15.5. The molecule has 0 saturated carbocycles. The summed E-state index contributed by atoms with van der Waals surface area (Å²) in [6, 6.07) is 23.8. The summed E-state index contributed by atoms with van der Waals surface area (Å²) < 4.78 is 46.4. The zero-order chi connectivity index (χ0) is 59.9. The van der Waals surface area contributed by atoms with E-state index in [-0.39, 0.29) is 86.8 Å². The molecule has 5 atom stereocenters. The molecule has 4 aliphatic rings. The number of rotatable bonds is 18. The highest BCUT2D eigenvalue weighted by atomic mass is 31.2. The Bertz CT molecular complexity index is 3480. The highest BCUT2D eigenvalue weighted by Crippen LogP contribution is 2.59. The highest BCUT2D eigenvalue weighted by molar-refractivity contribution is 7.52. The molecule has 1 unspecified atom stereocenters. The number of benzene rings is 5. The molecule has 21 nitrogen and oxygen atoms in total. The summed E-state index contributed by atoms with van der Waals surface area (Å²) in [5.74, 6) is 1.63. The lowest BCUT2D eigenvalue weighted by atomic mass is 9.98. The van der Waals surface area contributed by atoms with Crippen LogP contribution in [0.15, 0.2) is 115 Å². The Labute approximate surface area is 481 Å². The maximum Gasteiger partial charge on any atom is 0.404 e. The summed E-state index contributed by atoms with van der Waals surface area (Å²) in [7, 11) is -5.95. The first-order valence-electron chi connectivity index (χ1n) is 27.5. The van der Waals surface area contributed by atoms with Gasteiger partial charge in [0, 0.05) is 67.2 Å². The monoisotopic (exact) mass is 1170 g/mol. The van der Waals surface area contributed by atoms with E-state index >= 15 is 4.79 Å². The first kappa shape index (κ1) is 59.8. The van der Waals surface area contributed by atoms with E-state index in [9.17, 15) is 61.5 Å². The second-order valence-electron chi connectivity index (χ2n) is 21.1. The SMILES string of the molecule is NC(=O)OC[C@H](NC(=O)[C@@H]1CC[C@@H]2CCN(C(=O)CCCCCC#Cc3cccc4c3CN(C3CCC(=O)NC3=O)C4=O)C[C@H](NC(=O)c3ccc4ccc(C(F)(F)P(=O)(O)O)cc4c3)C(=O)N21)C(=O)NC(c1ccccc1)c1ccccc1. The normalized spacial score (nSPS) is 19.3. The molecule has 0 radical (unpaired) electrons. The van der Waals surface area contributed by atoms with Crippen LogP contribution in [0.2, 0.25) is 0 Å². The maximum atomic E-state index is 15.1. The zero-order valence-corrected chi connectivity index (χ0v) is 46.2. The van der Waals surface area contributed by atoms with E-state index in [1.54, 1.807) is 66.7 Å². The largest absolute Gasteiger partial charge is 0.447 e. The molecule has 0 spiro atoms. The second kappa shape index (κ2) is 25.7. The molecule has 84 heavy (non-hydrogen) atoms. The predicted octanol–water partition coefficient (Wildman–Crippen LogP) is 5.01. The van der Waals surface area contributed by atoms with Gasteiger partial charge in [0.05, 0.1) is 6.04 Å². The number of ether oxygens (including phenoxy) is 1. The average Bonchev–Trinajstić information content (AvgIpc) is 2.63. The van der Waals surface area contributed by atoms with Crippen molar-refractivity contribution in [1.29, 1.82) is 0 Å². The topological polar surface area (TPSA) is 304 Å². The Morgan fingerprint density at radius 1 is 0.821 bits per heavy atom. The first-order chi connectivity index (χ1) is 40.2. The molecule has 438 valence electrons. The van der Waals surface area contributed by atoms with Crippen molar-refractivity contribution < 1.29 is 71.0 Å². The molecule has 8 N–H and O–H groups in total. The lowest BCUT2D eigenvalue weighted by Crippen LogP contribution is -2.62. The van der Waals surface area contributed by atoms with Crippen molar-refractivity contribution in [2.45, 2.75) is 113 Å². The van der Waals surface area contributed by atoms with E-state index in [2.05, 4.69) is 33.1 Å².